The molecule has 0 N–H and O–H groups in total. The van der Waals surface area contributed by atoms with Crippen molar-refractivity contribution in [1.29, 1.82) is 21.0 Å². The van der Waals surface area contributed by atoms with Gasteiger partial charge in [-0.1, -0.05) is 109 Å². The molecule has 7 nitrogen and oxygen atoms in total. The monoisotopic (exact) mass is 1030 g/mol. The zero-order chi connectivity index (χ0) is 54.6. The van der Waals surface area contributed by atoms with E-state index in [-0.39, 0.29) is 11.4 Å². The third-order valence-electron chi connectivity index (χ3n) is 14.8. The number of rotatable bonds is 8. The highest BCUT2D eigenvalue weighted by molar-refractivity contribution is 6.14. The summed E-state index contributed by atoms with van der Waals surface area (Å²) in [6.07, 6.45) is -4.84. The van der Waals surface area contributed by atoms with Crippen LogP contribution in [0.1, 0.15) is 27.8 Å². The summed E-state index contributed by atoms with van der Waals surface area (Å²) in [5.41, 5.74) is 12.6. The lowest BCUT2D eigenvalue weighted by molar-refractivity contribution is -0.137. The molecule has 0 radical (unpaired) electrons. The normalized spacial score (nSPS) is 11.4. The molecular formula is C70H38F3N7. The summed E-state index contributed by atoms with van der Waals surface area (Å²) in [6.45, 7) is 0. The van der Waals surface area contributed by atoms with Gasteiger partial charge in [-0.25, -0.2) is 4.98 Å². The standard InChI is InChI=1S/C70H38F3N7/c71-70(72,73)56-37-67(79-63-25-21-52(48-15-4-9-43(29-48)39-74)33-57(63)58-34-53(22-26-64(58)79)49-16-5-10-44(30-49)40-75)69(62-20-8-19-61(78-62)47-13-2-1-3-14-47)68(38-56)80-65-27-23-54(50-17-6-11-45(31-50)41-76)35-59(65)60-36-55(24-28-66(60)80)51-18-7-12-46(32-51)42-77/h1-38H. The summed E-state index contributed by atoms with van der Waals surface area (Å²) >= 11 is 0. The summed E-state index contributed by atoms with van der Waals surface area (Å²) in [6, 6.07) is 79.3. The second-order valence-corrected chi connectivity index (χ2v) is 19.5. The van der Waals surface area contributed by atoms with Gasteiger partial charge in [-0.3, -0.25) is 0 Å². The first-order valence-electron chi connectivity index (χ1n) is 25.5. The topological polar surface area (TPSA) is 118 Å². The number of pyridine rings is 1. The van der Waals surface area contributed by atoms with Crippen LogP contribution in [-0.4, -0.2) is 14.1 Å². The molecule has 13 aromatic rings. The van der Waals surface area contributed by atoms with Gasteiger partial charge in [-0.15, -0.1) is 0 Å². The summed E-state index contributed by atoms with van der Waals surface area (Å²) in [4.78, 5) is 5.33. The van der Waals surface area contributed by atoms with Crippen LogP contribution in [0.3, 0.4) is 0 Å². The number of nitrogens with zero attached hydrogens (tertiary/aromatic N) is 7. The molecule has 80 heavy (non-hydrogen) atoms. The van der Waals surface area contributed by atoms with E-state index < -0.39 is 11.7 Å². The lowest BCUT2D eigenvalue weighted by atomic mass is 9.99. The Balaban J connectivity index is 1.17. The highest BCUT2D eigenvalue weighted by Crippen LogP contribution is 2.47. The Morgan fingerprint density at radius 1 is 0.312 bits per heavy atom. The Hall–Kier alpha value is -11.3. The van der Waals surface area contributed by atoms with Crippen molar-refractivity contribution < 1.29 is 13.2 Å². The molecule has 10 aromatic carbocycles. The summed E-state index contributed by atoms with van der Waals surface area (Å²) in [7, 11) is 0. The van der Waals surface area contributed by atoms with E-state index in [9.17, 15) is 21.0 Å². The maximum Gasteiger partial charge on any atom is 0.416 e. The maximum atomic E-state index is 16.2. The molecule has 0 fully saturated rings. The van der Waals surface area contributed by atoms with Crippen LogP contribution in [0.2, 0.25) is 0 Å². The van der Waals surface area contributed by atoms with E-state index >= 15 is 13.2 Å². The van der Waals surface area contributed by atoms with Crippen molar-refractivity contribution >= 4 is 43.6 Å². The van der Waals surface area contributed by atoms with Crippen molar-refractivity contribution in [3.8, 4) is 103 Å². The van der Waals surface area contributed by atoms with Gasteiger partial charge in [-0.05, 0) is 166 Å². The number of halogens is 3. The molecule has 0 saturated heterocycles. The van der Waals surface area contributed by atoms with E-state index in [1.807, 2.05) is 203 Å². The number of hydrogen-bond acceptors (Lipinski definition) is 5. The smallest absolute Gasteiger partial charge is 0.308 e. The van der Waals surface area contributed by atoms with Crippen LogP contribution in [0, 0.1) is 45.3 Å². The minimum absolute atomic E-state index is 0.218. The Morgan fingerprint density at radius 3 is 0.963 bits per heavy atom. The number of aromatic nitrogens is 3. The number of benzene rings is 10. The minimum atomic E-state index is -4.84. The fourth-order valence-corrected chi connectivity index (χ4v) is 11.1. The van der Waals surface area contributed by atoms with Crippen LogP contribution in [0.5, 0.6) is 0 Å². The predicted molar refractivity (Wildman–Crippen MR) is 309 cm³/mol. The van der Waals surface area contributed by atoms with Gasteiger partial charge >= 0.3 is 6.18 Å². The number of alkyl halides is 3. The van der Waals surface area contributed by atoms with Gasteiger partial charge in [0.15, 0.2) is 0 Å². The van der Waals surface area contributed by atoms with E-state index in [1.54, 1.807) is 24.3 Å². The van der Waals surface area contributed by atoms with Gasteiger partial charge in [0, 0.05) is 32.7 Å². The Morgan fingerprint density at radius 2 is 0.625 bits per heavy atom. The second kappa shape index (κ2) is 19.4. The van der Waals surface area contributed by atoms with E-state index in [0.717, 1.165) is 71.6 Å². The summed E-state index contributed by atoms with van der Waals surface area (Å²) < 4.78 is 52.4. The van der Waals surface area contributed by atoms with E-state index in [2.05, 4.69) is 24.3 Å². The third kappa shape index (κ3) is 8.44. The number of fused-ring (bicyclic) bond motifs is 6. The van der Waals surface area contributed by atoms with Gasteiger partial charge < -0.3 is 9.13 Å². The molecule has 0 aliphatic heterocycles. The minimum Gasteiger partial charge on any atom is -0.308 e. The molecule has 3 heterocycles. The van der Waals surface area contributed by atoms with Gasteiger partial charge in [0.2, 0.25) is 0 Å². The first-order chi connectivity index (χ1) is 39.1. The molecule has 10 heteroatoms. The highest BCUT2D eigenvalue weighted by Gasteiger charge is 2.35. The molecule has 0 spiro atoms. The average Bonchev–Trinajstić information content (AvgIpc) is 4.18. The first-order valence-corrected chi connectivity index (χ1v) is 25.5. The number of nitriles is 4. The largest absolute Gasteiger partial charge is 0.416 e. The molecule has 0 aliphatic carbocycles. The van der Waals surface area contributed by atoms with E-state index in [4.69, 9.17) is 4.98 Å². The highest BCUT2D eigenvalue weighted by atomic mass is 19.4. The van der Waals surface area contributed by atoms with Gasteiger partial charge in [0.25, 0.3) is 0 Å². The molecule has 0 unspecified atom stereocenters. The van der Waals surface area contributed by atoms with Crippen molar-refractivity contribution in [2.24, 2.45) is 0 Å². The van der Waals surface area contributed by atoms with Crippen LogP contribution in [0.15, 0.2) is 231 Å². The van der Waals surface area contributed by atoms with E-state index in [1.165, 1.54) is 12.1 Å². The van der Waals surface area contributed by atoms with Crippen molar-refractivity contribution in [2.45, 2.75) is 6.18 Å². The molecule has 0 atom stereocenters. The van der Waals surface area contributed by atoms with Crippen molar-refractivity contribution in [3.05, 3.63) is 258 Å². The van der Waals surface area contributed by atoms with Gasteiger partial charge in [-0.2, -0.15) is 34.2 Å². The first kappa shape index (κ1) is 48.3. The van der Waals surface area contributed by atoms with Crippen LogP contribution in [0.4, 0.5) is 13.2 Å². The fraction of sp³-hybridized carbons (Fsp3) is 0.0143. The zero-order valence-corrected chi connectivity index (χ0v) is 42.2. The fourth-order valence-electron chi connectivity index (χ4n) is 11.1. The SMILES string of the molecule is N#Cc1cccc(-c2ccc3c(c2)c2cc(-c4cccc(C#N)c4)ccc2n3-c2cc(C(F)(F)F)cc(-n3c4ccc(-c5cccc(C#N)c5)cc4c4cc(-c5cccc(C#N)c5)ccc43)c2-c2cccc(-c3ccccc3)n2)c1. The third-order valence-corrected chi connectivity index (χ3v) is 14.8. The molecule has 0 saturated carbocycles. The van der Waals surface area contributed by atoms with Crippen LogP contribution < -0.4 is 0 Å². The van der Waals surface area contributed by atoms with Crippen LogP contribution in [-0.2, 0) is 6.18 Å². The molecule has 374 valence electrons. The summed E-state index contributed by atoms with van der Waals surface area (Å²) in [5, 5.41) is 42.5. The average molecular weight is 1030 g/mol. The molecule has 3 aromatic heterocycles. The Kier molecular flexibility index (Phi) is 11.7. The molecule has 0 bridgehead atoms. The predicted octanol–water partition coefficient (Wildman–Crippen LogP) is 17.8. The van der Waals surface area contributed by atoms with Crippen LogP contribution in [0.25, 0.3) is 122 Å². The Labute approximate surface area is 457 Å². The van der Waals surface area contributed by atoms with Crippen LogP contribution >= 0.6 is 0 Å². The maximum absolute atomic E-state index is 16.2. The van der Waals surface area contributed by atoms with Gasteiger partial charge in [0.1, 0.15) is 0 Å². The van der Waals surface area contributed by atoms with Crippen molar-refractivity contribution in [1.82, 2.24) is 14.1 Å². The molecule has 13 rings (SSSR count). The van der Waals surface area contributed by atoms with E-state index in [0.29, 0.717) is 61.3 Å². The number of hydrogen-bond donors (Lipinski definition) is 0. The second-order valence-electron chi connectivity index (χ2n) is 19.5. The zero-order valence-electron chi connectivity index (χ0n) is 42.2. The molecule has 0 amide bonds. The Bertz CT molecular complexity index is 4400. The van der Waals surface area contributed by atoms with Gasteiger partial charge in [0.05, 0.1) is 96.9 Å². The van der Waals surface area contributed by atoms with Crippen molar-refractivity contribution in [2.75, 3.05) is 0 Å². The lowest BCUT2D eigenvalue weighted by Crippen LogP contribution is -2.11. The summed E-state index contributed by atoms with van der Waals surface area (Å²) in [5.74, 6) is 0. The molecule has 0 aliphatic rings. The lowest BCUT2D eigenvalue weighted by Gasteiger charge is -2.22. The van der Waals surface area contributed by atoms with Crippen molar-refractivity contribution in [3.63, 3.8) is 0 Å². The quantitative estimate of drug-likeness (QED) is 0.150. The molecular weight excluding hydrogens is 996 g/mol.